The van der Waals surface area contributed by atoms with Crippen LogP contribution in [0.5, 0.6) is 0 Å². The molecule has 0 spiro atoms. The van der Waals surface area contributed by atoms with Gasteiger partial charge in [0.1, 0.15) is 5.82 Å². The van der Waals surface area contributed by atoms with Crippen LogP contribution in [0.2, 0.25) is 0 Å². The van der Waals surface area contributed by atoms with Gasteiger partial charge in [-0.3, -0.25) is 0 Å². The van der Waals surface area contributed by atoms with Crippen molar-refractivity contribution in [3.05, 3.63) is 35.6 Å². The Kier molecular flexibility index (Phi) is 5.80. The monoisotopic (exact) mass is 264 g/mol. The number of hydrogen-bond donors (Lipinski definition) is 1. The summed E-state index contributed by atoms with van der Waals surface area (Å²) in [6.07, 6.45) is 5.63. The Balaban J connectivity index is 1.58. The summed E-state index contributed by atoms with van der Waals surface area (Å²) in [6, 6.07) is 6.78. The lowest BCUT2D eigenvalue weighted by atomic mass is 10.1. The molecular weight excluding hydrogens is 239 g/mol. The minimum absolute atomic E-state index is 0.162. The van der Waals surface area contributed by atoms with Crippen LogP contribution in [0.1, 0.15) is 31.2 Å². The molecule has 1 saturated carbocycles. The molecule has 0 amide bonds. The summed E-state index contributed by atoms with van der Waals surface area (Å²) in [7, 11) is 2.11. The second-order valence-electron chi connectivity index (χ2n) is 5.72. The summed E-state index contributed by atoms with van der Waals surface area (Å²) >= 11 is 0. The van der Waals surface area contributed by atoms with E-state index >= 15 is 0 Å². The fourth-order valence-corrected chi connectivity index (χ4v) is 2.77. The highest BCUT2D eigenvalue weighted by Crippen LogP contribution is 2.23. The van der Waals surface area contributed by atoms with Gasteiger partial charge in [0.25, 0.3) is 0 Å². The first kappa shape index (κ1) is 14.5. The number of benzene rings is 1. The van der Waals surface area contributed by atoms with E-state index in [0.29, 0.717) is 0 Å². The molecule has 106 valence electrons. The van der Waals surface area contributed by atoms with Crippen molar-refractivity contribution in [1.29, 1.82) is 0 Å². The third kappa shape index (κ3) is 5.29. The maximum atomic E-state index is 12.8. The molecule has 1 fully saturated rings. The van der Waals surface area contributed by atoms with E-state index in [0.717, 1.165) is 25.6 Å². The van der Waals surface area contributed by atoms with Crippen molar-refractivity contribution >= 4 is 0 Å². The second-order valence-corrected chi connectivity index (χ2v) is 5.72. The summed E-state index contributed by atoms with van der Waals surface area (Å²) in [5.41, 5.74) is 1.17. The van der Waals surface area contributed by atoms with Crippen LogP contribution in [0.15, 0.2) is 24.3 Å². The Morgan fingerprint density at radius 1 is 1.21 bits per heavy atom. The smallest absolute Gasteiger partial charge is 0.123 e. The first-order chi connectivity index (χ1) is 9.24. The summed E-state index contributed by atoms with van der Waals surface area (Å²) in [5.74, 6) is 0.743. The van der Waals surface area contributed by atoms with E-state index in [2.05, 4.69) is 17.3 Å². The highest BCUT2D eigenvalue weighted by molar-refractivity contribution is 5.15. The van der Waals surface area contributed by atoms with E-state index in [-0.39, 0.29) is 5.82 Å². The van der Waals surface area contributed by atoms with Crippen molar-refractivity contribution in [3.63, 3.8) is 0 Å². The molecule has 1 aliphatic rings. The average Bonchev–Trinajstić information content (AvgIpc) is 2.91. The van der Waals surface area contributed by atoms with Crippen LogP contribution < -0.4 is 5.32 Å². The van der Waals surface area contributed by atoms with Crippen LogP contribution >= 0.6 is 0 Å². The lowest BCUT2D eigenvalue weighted by Crippen LogP contribution is -2.31. The number of likely N-dealkylation sites (N-methyl/N-ethyl adjacent to an activating group) is 1. The van der Waals surface area contributed by atoms with Crippen LogP contribution in [0.3, 0.4) is 0 Å². The average molecular weight is 264 g/mol. The molecule has 3 heteroatoms. The molecule has 0 aliphatic heterocycles. The standard InChI is InChI=1S/C16H25FN2/c1-19(13-15-6-8-16(17)9-7-15)11-10-18-12-14-4-2-3-5-14/h6-9,14,18H,2-5,10-13H2,1H3. The summed E-state index contributed by atoms with van der Waals surface area (Å²) in [4.78, 5) is 2.27. The number of nitrogens with zero attached hydrogens (tertiary/aromatic N) is 1. The predicted molar refractivity (Wildman–Crippen MR) is 77.6 cm³/mol. The predicted octanol–water partition coefficient (Wildman–Crippen LogP) is 3.04. The summed E-state index contributed by atoms with van der Waals surface area (Å²) in [5, 5.41) is 3.55. The molecule has 2 rings (SSSR count). The molecule has 0 saturated heterocycles. The molecule has 1 N–H and O–H groups in total. The van der Waals surface area contributed by atoms with Crippen molar-refractivity contribution in [2.45, 2.75) is 32.2 Å². The van der Waals surface area contributed by atoms with Crippen LogP contribution in [0.25, 0.3) is 0 Å². The van der Waals surface area contributed by atoms with Gasteiger partial charge in [-0.1, -0.05) is 25.0 Å². The second kappa shape index (κ2) is 7.61. The molecule has 0 bridgehead atoms. The van der Waals surface area contributed by atoms with Gasteiger partial charge in [-0.25, -0.2) is 4.39 Å². The molecule has 2 nitrogen and oxygen atoms in total. The molecule has 0 atom stereocenters. The normalized spacial score (nSPS) is 16.4. The topological polar surface area (TPSA) is 15.3 Å². The van der Waals surface area contributed by atoms with Gasteiger partial charge in [-0.15, -0.1) is 0 Å². The van der Waals surface area contributed by atoms with Gasteiger partial charge in [0.05, 0.1) is 0 Å². The van der Waals surface area contributed by atoms with E-state index in [4.69, 9.17) is 0 Å². The quantitative estimate of drug-likeness (QED) is 0.762. The van der Waals surface area contributed by atoms with Crippen molar-refractivity contribution in [3.8, 4) is 0 Å². The highest BCUT2D eigenvalue weighted by Gasteiger charge is 2.13. The molecule has 0 aromatic heterocycles. The third-order valence-corrected chi connectivity index (χ3v) is 3.94. The first-order valence-electron chi connectivity index (χ1n) is 7.38. The van der Waals surface area contributed by atoms with Crippen molar-refractivity contribution < 1.29 is 4.39 Å². The fraction of sp³-hybridized carbons (Fsp3) is 0.625. The lowest BCUT2D eigenvalue weighted by Gasteiger charge is -2.18. The van der Waals surface area contributed by atoms with Crippen LogP contribution in [-0.4, -0.2) is 31.6 Å². The Labute approximate surface area is 116 Å². The van der Waals surface area contributed by atoms with Gasteiger partial charge in [0, 0.05) is 19.6 Å². The van der Waals surface area contributed by atoms with E-state index in [1.165, 1.54) is 49.9 Å². The van der Waals surface area contributed by atoms with E-state index in [1.807, 2.05) is 12.1 Å². The number of nitrogens with one attached hydrogen (secondary N) is 1. The molecule has 0 unspecified atom stereocenters. The minimum Gasteiger partial charge on any atom is -0.315 e. The Morgan fingerprint density at radius 2 is 1.89 bits per heavy atom. The molecule has 1 aromatic carbocycles. The maximum absolute atomic E-state index is 12.8. The third-order valence-electron chi connectivity index (χ3n) is 3.94. The Hall–Kier alpha value is -0.930. The summed E-state index contributed by atoms with van der Waals surface area (Å²) in [6.45, 7) is 4.12. The van der Waals surface area contributed by atoms with Crippen molar-refractivity contribution in [1.82, 2.24) is 10.2 Å². The number of halogens is 1. The maximum Gasteiger partial charge on any atom is 0.123 e. The first-order valence-corrected chi connectivity index (χ1v) is 7.38. The van der Waals surface area contributed by atoms with Crippen LogP contribution in [0, 0.1) is 11.7 Å². The number of hydrogen-bond acceptors (Lipinski definition) is 2. The molecule has 1 aromatic rings. The SMILES string of the molecule is CN(CCNCC1CCCC1)Cc1ccc(F)cc1. The van der Waals surface area contributed by atoms with E-state index < -0.39 is 0 Å². The Morgan fingerprint density at radius 3 is 2.58 bits per heavy atom. The lowest BCUT2D eigenvalue weighted by molar-refractivity contribution is 0.319. The van der Waals surface area contributed by atoms with Gasteiger partial charge in [-0.05, 0) is 50.0 Å². The summed E-state index contributed by atoms with van der Waals surface area (Å²) < 4.78 is 12.8. The Bertz CT molecular complexity index is 358. The van der Waals surface area contributed by atoms with Gasteiger partial charge in [0.15, 0.2) is 0 Å². The highest BCUT2D eigenvalue weighted by atomic mass is 19.1. The zero-order chi connectivity index (χ0) is 13.5. The molecule has 0 radical (unpaired) electrons. The fourth-order valence-electron chi connectivity index (χ4n) is 2.77. The van der Waals surface area contributed by atoms with E-state index in [1.54, 1.807) is 0 Å². The van der Waals surface area contributed by atoms with Gasteiger partial charge in [0.2, 0.25) is 0 Å². The van der Waals surface area contributed by atoms with Gasteiger partial charge >= 0.3 is 0 Å². The molecule has 1 aliphatic carbocycles. The van der Waals surface area contributed by atoms with Gasteiger partial charge < -0.3 is 10.2 Å². The van der Waals surface area contributed by atoms with Gasteiger partial charge in [-0.2, -0.15) is 0 Å². The molecular formula is C16H25FN2. The van der Waals surface area contributed by atoms with Crippen LogP contribution in [-0.2, 0) is 6.54 Å². The largest absolute Gasteiger partial charge is 0.315 e. The van der Waals surface area contributed by atoms with Crippen molar-refractivity contribution in [2.24, 2.45) is 5.92 Å². The number of rotatable bonds is 7. The zero-order valence-corrected chi connectivity index (χ0v) is 11.9. The molecule has 19 heavy (non-hydrogen) atoms. The van der Waals surface area contributed by atoms with Crippen molar-refractivity contribution in [2.75, 3.05) is 26.7 Å². The molecule has 0 heterocycles. The van der Waals surface area contributed by atoms with E-state index in [9.17, 15) is 4.39 Å². The zero-order valence-electron chi connectivity index (χ0n) is 11.9. The van der Waals surface area contributed by atoms with Crippen LogP contribution in [0.4, 0.5) is 4.39 Å². The minimum atomic E-state index is -0.162.